The summed E-state index contributed by atoms with van der Waals surface area (Å²) in [6, 6.07) is 13.5. The Morgan fingerprint density at radius 2 is 0.962 bits per heavy atom. The average Bonchev–Trinajstić information content (AvgIpc) is 2.65. The molecular formula is C22H42N2O2+2. The van der Waals surface area contributed by atoms with Crippen LogP contribution >= 0.6 is 0 Å². The molecule has 0 atom stereocenters. The summed E-state index contributed by atoms with van der Waals surface area (Å²) in [5.41, 5.74) is 0. The van der Waals surface area contributed by atoms with Crippen LogP contribution in [0.4, 0.5) is 0 Å². The van der Waals surface area contributed by atoms with Crippen LogP contribution in [0.3, 0.4) is 0 Å². The zero-order chi connectivity index (χ0) is 21.0. The van der Waals surface area contributed by atoms with Gasteiger partial charge in [-0.2, -0.15) is 0 Å². The molecule has 0 unspecified atom stereocenters. The van der Waals surface area contributed by atoms with E-state index in [9.17, 15) is 0 Å². The van der Waals surface area contributed by atoms with E-state index in [-0.39, 0.29) is 0 Å². The van der Waals surface area contributed by atoms with Crippen LogP contribution in [0.5, 0.6) is 11.5 Å². The number of aromatic nitrogens is 1. The lowest BCUT2D eigenvalue weighted by Crippen LogP contribution is -2.27. The van der Waals surface area contributed by atoms with E-state index in [2.05, 4.69) is 28.2 Å². The van der Waals surface area contributed by atoms with Gasteiger partial charge < -0.3 is 14.0 Å². The molecule has 1 aromatic carbocycles. The molecule has 1 heterocycles. The lowest BCUT2D eigenvalue weighted by molar-refractivity contribution is -0.849. The van der Waals surface area contributed by atoms with Gasteiger partial charge in [-0.3, -0.25) is 0 Å². The van der Waals surface area contributed by atoms with Crippen molar-refractivity contribution in [2.24, 2.45) is 7.05 Å². The SMILES string of the molecule is CC.CC.COc1cc[n+](C)cc1.COc1ccccc1.C[N+](C)(C)C. The molecule has 26 heavy (non-hydrogen) atoms. The maximum absolute atomic E-state index is 4.96. The minimum atomic E-state index is 0.896. The fourth-order valence-corrected chi connectivity index (χ4v) is 1.18. The molecule has 0 amide bonds. The molecule has 0 fully saturated rings. The van der Waals surface area contributed by atoms with Gasteiger partial charge in [-0.25, -0.2) is 4.57 Å². The molecule has 0 aliphatic rings. The minimum Gasteiger partial charge on any atom is -0.497 e. The number of hydrogen-bond donors (Lipinski definition) is 0. The molecule has 0 aliphatic carbocycles. The Balaban J connectivity index is -0.000000287. The fourth-order valence-electron chi connectivity index (χ4n) is 1.18. The van der Waals surface area contributed by atoms with E-state index < -0.39 is 0 Å². The van der Waals surface area contributed by atoms with Crippen LogP contribution < -0.4 is 14.0 Å². The van der Waals surface area contributed by atoms with Crippen LogP contribution in [0.25, 0.3) is 0 Å². The minimum absolute atomic E-state index is 0.896. The summed E-state index contributed by atoms with van der Waals surface area (Å²) in [6.45, 7) is 8.00. The van der Waals surface area contributed by atoms with Crippen LogP contribution in [0.1, 0.15) is 27.7 Å². The molecule has 150 valence electrons. The second-order valence-electron chi connectivity index (χ2n) is 6.10. The van der Waals surface area contributed by atoms with E-state index in [4.69, 9.17) is 9.47 Å². The number of methoxy groups -OCH3 is 2. The normalized spacial score (nSPS) is 8.58. The van der Waals surface area contributed by atoms with E-state index in [0.29, 0.717) is 0 Å². The Kier molecular flexibility index (Phi) is 21.3. The van der Waals surface area contributed by atoms with Crippen molar-refractivity contribution in [1.29, 1.82) is 0 Å². The third kappa shape index (κ3) is 24.2. The molecule has 0 saturated carbocycles. The van der Waals surface area contributed by atoms with Gasteiger partial charge in [0.1, 0.15) is 18.5 Å². The van der Waals surface area contributed by atoms with Gasteiger partial charge in [0, 0.05) is 12.1 Å². The van der Waals surface area contributed by atoms with Gasteiger partial charge in [-0.1, -0.05) is 45.9 Å². The van der Waals surface area contributed by atoms with Crippen molar-refractivity contribution in [3.05, 3.63) is 54.9 Å². The van der Waals surface area contributed by atoms with E-state index in [1.807, 2.05) is 94.2 Å². The predicted octanol–water partition coefficient (Wildman–Crippen LogP) is 4.59. The van der Waals surface area contributed by atoms with Crippen LogP contribution in [-0.4, -0.2) is 46.9 Å². The lowest BCUT2D eigenvalue weighted by atomic mass is 10.3. The highest BCUT2D eigenvalue weighted by molar-refractivity contribution is 5.20. The van der Waals surface area contributed by atoms with Gasteiger partial charge in [-0.15, -0.1) is 0 Å². The Morgan fingerprint density at radius 3 is 1.23 bits per heavy atom. The van der Waals surface area contributed by atoms with E-state index in [0.717, 1.165) is 16.0 Å². The molecule has 0 radical (unpaired) electrons. The molecule has 1 aromatic heterocycles. The number of aryl methyl sites for hydroxylation is 1. The topological polar surface area (TPSA) is 22.3 Å². The Bertz CT molecular complexity index is 486. The maximum atomic E-state index is 4.96. The Labute approximate surface area is 162 Å². The predicted molar refractivity (Wildman–Crippen MR) is 114 cm³/mol. The second kappa shape index (κ2) is 19.3. The first-order valence-corrected chi connectivity index (χ1v) is 9.13. The highest BCUT2D eigenvalue weighted by Crippen LogP contribution is 2.05. The van der Waals surface area contributed by atoms with Gasteiger partial charge in [0.2, 0.25) is 0 Å². The number of pyridine rings is 1. The van der Waals surface area contributed by atoms with Crippen molar-refractivity contribution < 1.29 is 18.5 Å². The maximum Gasteiger partial charge on any atom is 0.172 e. The summed E-state index contributed by atoms with van der Waals surface area (Å²) in [5.74, 6) is 1.81. The van der Waals surface area contributed by atoms with Crippen LogP contribution in [0.2, 0.25) is 0 Å². The number of nitrogens with zero attached hydrogens (tertiary/aromatic N) is 2. The molecule has 4 nitrogen and oxygen atoms in total. The van der Waals surface area contributed by atoms with Crippen molar-refractivity contribution in [2.45, 2.75) is 27.7 Å². The number of ether oxygens (including phenoxy) is 2. The number of hydrogen-bond acceptors (Lipinski definition) is 2. The summed E-state index contributed by atoms with van der Waals surface area (Å²) in [7, 11) is 13.8. The highest BCUT2D eigenvalue weighted by Gasteiger charge is 1.91. The van der Waals surface area contributed by atoms with Crippen molar-refractivity contribution in [3.63, 3.8) is 0 Å². The van der Waals surface area contributed by atoms with E-state index in [1.54, 1.807) is 14.2 Å². The molecule has 4 heteroatoms. The zero-order valence-corrected chi connectivity index (χ0v) is 18.9. The van der Waals surface area contributed by atoms with Gasteiger partial charge >= 0.3 is 0 Å². The second-order valence-corrected chi connectivity index (χ2v) is 6.10. The Hall–Kier alpha value is -2.07. The summed E-state index contributed by atoms with van der Waals surface area (Å²) in [5, 5.41) is 0. The van der Waals surface area contributed by atoms with E-state index >= 15 is 0 Å². The quantitative estimate of drug-likeness (QED) is 0.573. The van der Waals surface area contributed by atoms with Gasteiger partial charge in [0.05, 0.1) is 42.4 Å². The van der Waals surface area contributed by atoms with Gasteiger partial charge in [-0.05, 0) is 12.1 Å². The molecular weight excluding hydrogens is 324 g/mol. The summed E-state index contributed by atoms with van der Waals surface area (Å²) in [4.78, 5) is 0. The molecule has 0 N–H and O–H groups in total. The third-order valence-corrected chi connectivity index (χ3v) is 2.16. The average molecular weight is 367 g/mol. The lowest BCUT2D eigenvalue weighted by Gasteiger charge is -2.14. The largest absolute Gasteiger partial charge is 0.497 e. The summed E-state index contributed by atoms with van der Waals surface area (Å²) >= 11 is 0. The van der Waals surface area contributed by atoms with Crippen molar-refractivity contribution >= 4 is 0 Å². The monoisotopic (exact) mass is 366 g/mol. The van der Waals surface area contributed by atoms with Crippen molar-refractivity contribution in [3.8, 4) is 11.5 Å². The van der Waals surface area contributed by atoms with Crippen LogP contribution in [-0.2, 0) is 7.05 Å². The summed E-state index contributed by atoms with van der Waals surface area (Å²) < 4.78 is 12.8. The molecule has 0 aliphatic heterocycles. The van der Waals surface area contributed by atoms with Crippen LogP contribution in [0.15, 0.2) is 54.9 Å². The first kappa shape index (κ1) is 28.7. The third-order valence-electron chi connectivity index (χ3n) is 2.16. The highest BCUT2D eigenvalue weighted by atomic mass is 16.5. The number of rotatable bonds is 2. The number of para-hydroxylation sites is 1. The fraction of sp³-hybridized carbons (Fsp3) is 0.500. The molecule has 0 bridgehead atoms. The van der Waals surface area contributed by atoms with Crippen LogP contribution in [0, 0.1) is 0 Å². The first-order chi connectivity index (χ1) is 12.3. The standard InChI is InChI=1S/C7H10NO.C7H8O.C4H12N.2C2H6/c1-8-5-3-7(9-2)4-6-8;1-8-7-5-3-2-4-6-7;1-5(2,3)4;2*1-2/h3-6H,1-2H3;2-6H,1H3;1-4H3;2*1-2H3/q+1;;+1;;. The first-order valence-electron chi connectivity index (χ1n) is 9.13. The van der Waals surface area contributed by atoms with Crippen molar-refractivity contribution in [1.82, 2.24) is 0 Å². The smallest absolute Gasteiger partial charge is 0.172 e. The number of benzene rings is 1. The van der Waals surface area contributed by atoms with E-state index in [1.165, 1.54) is 0 Å². The molecule has 0 saturated heterocycles. The van der Waals surface area contributed by atoms with Crippen molar-refractivity contribution in [2.75, 3.05) is 42.4 Å². The zero-order valence-electron chi connectivity index (χ0n) is 18.9. The van der Waals surface area contributed by atoms with Gasteiger partial charge in [0.15, 0.2) is 12.4 Å². The summed E-state index contributed by atoms with van der Waals surface area (Å²) in [6.07, 6.45) is 3.89. The molecule has 2 aromatic rings. The number of quaternary nitrogens is 1. The Morgan fingerprint density at radius 1 is 0.654 bits per heavy atom. The molecule has 0 spiro atoms. The van der Waals surface area contributed by atoms with Gasteiger partial charge in [0.25, 0.3) is 0 Å². The molecule has 2 rings (SSSR count).